The first-order valence-corrected chi connectivity index (χ1v) is 7.66. The molecule has 0 atom stereocenters. The average Bonchev–Trinajstić information content (AvgIpc) is 2.89. The first-order chi connectivity index (χ1) is 11.7. The molecule has 2 heterocycles. The summed E-state index contributed by atoms with van der Waals surface area (Å²) in [6, 6.07) is 10.7. The van der Waals surface area contributed by atoms with Crippen molar-refractivity contribution in [2.75, 3.05) is 6.61 Å². The van der Waals surface area contributed by atoms with Gasteiger partial charge in [0.15, 0.2) is 0 Å². The number of nitrogens with zero attached hydrogens (tertiary/aromatic N) is 3. The van der Waals surface area contributed by atoms with E-state index in [2.05, 4.69) is 4.98 Å². The van der Waals surface area contributed by atoms with Gasteiger partial charge in [-0.05, 0) is 30.7 Å². The van der Waals surface area contributed by atoms with E-state index in [4.69, 9.17) is 4.74 Å². The van der Waals surface area contributed by atoms with Gasteiger partial charge in [0.25, 0.3) is 5.56 Å². The van der Waals surface area contributed by atoms with E-state index in [0.717, 1.165) is 5.56 Å². The van der Waals surface area contributed by atoms with Crippen molar-refractivity contribution >= 4 is 23.1 Å². The number of carbonyl (C=O) groups is 1. The Kier molecular flexibility index (Phi) is 4.56. The van der Waals surface area contributed by atoms with Crippen LogP contribution < -0.4 is 5.56 Å². The Morgan fingerprint density at radius 2 is 2.08 bits per heavy atom. The van der Waals surface area contributed by atoms with Gasteiger partial charge in [-0.3, -0.25) is 9.78 Å². The van der Waals surface area contributed by atoms with Gasteiger partial charge in [0, 0.05) is 12.4 Å². The largest absolute Gasteiger partial charge is 0.448 e. The number of pyridine rings is 1. The molecule has 6 heteroatoms. The third-order valence-corrected chi connectivity index (χ3v) is 3.55. The first-order valence-electron chi connectivity index (χ1n) is 7.66. The Labute approximate surface area is 138 Å². The topological polar surface area (TPSA) is 66.1 Å². The fourth-order valence-corrected chi connectivity index (χ4v) is 2.51. The highest BCUT2D eigenvalue weighted by molar-refractivity contribution is 5.87. The van der Waals surface area contributed by atoms with E-state index in [1.165, 1.54) is 9.36 Å². The molecule has 0 saturated carbocycles. The molecule has 0 N–H and O–H groups in total. The lowest BCUT2D eigenvalue weighted by Crippen LogP contribution is -2.28. The van der Waals surface area contributed by atoms with Crippen LogP contribution in [0.15, 0.2) is 59.7 Å². The van der Waals surface area contributed by atoms with Gasteiger partial charge in [-0.15, -0.1) is 0 Å². The number of benzene rings is 1. The number of carbonyl (C=O) groups excluding carboxylic acids is 1. The van der Waals surface area contributed by atoms with Crippen LogP contribution in [-0.4, -0.2) is 27.0 Å². The summed E-state index contributed by atoms with van der Waals surface area (Å²) in [5.74, 6) is 0. The lowest BCUT2D eigenvalue weighted by Gasteiger charge is -2.09. The fraction of sp³-hybridized carbons (Fsp3) is 0.167. The molecule has 0 saturated heterocycles. The minimum Gasteiger partial charge on any atom is -0.448 e. The van der Waals surface area contributed by atoms with Crippen LogP contribution >= 0.6 is 0 Å². The van der Waals surface area contributed by atoms with Gasteiger partial charge in [-0.25, -0.2) is 9.48 Å². The standard InChI is InChI=1S/C18H17N3O3/c1-2-24-18(23)21-16-10-4-3-9-15(16)17(22)20(21)12-6-8-14-7-5-11-19-13-14/h3-11,13H,2,12H2,1H3/b8-6+. The second-order valence-electron chi connectivity index (χ2n) is 5.10. The molecule has 0 spiro atoms. The van der Waals surface area contributed by atoms with Gasteiger partial charge in [-0.1, -0.05) is 30.4 Å². The summed E-state index contributed by atoms with van der Waals surface area (Å²) in [4.78, 5) is 28.9. The van der Waals surface area contributed by atoms with E-state index >= 15 is 0 Å². The zero-order valence-electron chi connectivity index (χ0n) is 13.3. The van der Waals surface area contributed by atoms with Gasteiger partial charge >= 0.3 is 6.09 Å². The third kappa shape index (κ3) is 2.99. The maximum atomic E-state index is 12.6. The molecule has 1 aromatic carbocycles. The lowest BCUT2D eigenvalue weighted by molar-refractivity contribution is 0.147. The van der Waals surface area contributed by atoms with Crippen LogP contribution in [0.2, 0.25) is 0 Å². The highest BCUT2D eigenvalue weighted by atomic mass is 16.6. The number of hydrogen-bond donors (Lipinski definition) is 0. The molecule has 0 aliphatic carbocycles. The highest BCUT2D eigenvalue weighted by Crippen LogP contribution is 2.12. The highest BCUT2D eigenvalue weighted by Gasteiger charge is 2.18. The quantitative estimate of drug-likeness (QED) is 0.740. The fourth-order valence-electron chi connectivity index (χ4n) is 2.51. The number of hydrogen-bond acceptors (Lipinski definition) is 4. The maximum absolute atomic E-state index is 12.6. The van der Waals surface area contributed by atoms with Crippen LogP contribution in [0.25, 0.3) is 17.0 Å². The van der Waals surface area contributed by atoms with Crippen molar-refractivity contribution in [3.05, 3.63) is 70.8 Å². The van der Waals surface area contributed by atoms with E-state index in [0.29, 0.717) is 10.9 Å². The molecule has 0 bridgehead atoms. The predicted molar refractivity (Wildman–Crippen MR) is 91.9 cm³/mol. The van der Waals surface area contributed by atoms with Crippen molar-refractivity contribution < 1.29 is 9.53 Å². The van der Waals surface area contributed by atoms with Crippen molar-refractivity contribution in [2.45, 2.75) is 13.5 Å². The van der Waals surface area contributed by atoms with Crippen molar-refractivity contribution in [3.8, 4) is 0 Å². The Morgan fingerprint density at radius 1 is 1.25 bits per heavy atom. The van der Waals surface area contributed by atoms with Gasteiger partial charge in [0.05, 0.1) is 24.1 Å². The van der Waals surface area contributed by atoms with Gasteiger partial charge < -0.3 is 4.74 Å². The minimum atomic E-state index is -0.564. The number of para-hydroxylation sites is 1. The number of rotatable bonds is 4. The molecular formula is C18H17N3O3. The minimum absolute atomic E-state index is 0.227. The smallest absolute Gasteiger partial charge is 0.433 e. The van der Waals surface area contributed by atoms with E-state index in [1.807, 2.05) is 24.3 Å². The zero-order chi connectivity index (χ0) is 16.9. The van der Waals surface area contributed by atoms with Crippen LogP contribution in [0.5, 0.6) is 0 Å². The van der Waals surface area contributed by atoms with Gasteiger partial charge in [0.1, 0.15) is 0 Å². The number of aromatic nitrogens is 3. The van der Waals surface area contributed by atoms with E-state index in [-0.39, 0.29) is 18.7 Å². The summed E-state index contributed by atoms with van der Waals surface area (Å²) < 4.78 is 7.74. The molecule has 0 radical (unpaired) electrons. The Morgan fingerprint density at radius 3 is 2.83 bits per heavy atom. The summed E-state index contributed by atoms with van der Waals surface area (Å²) in [6.07, 6.45) is 6.52. The average molecular weight is 323 g/mol. The van der Waals surface area contributed by atoms with E-state index in [1.54, 1.807) is 43.6 Å². The normalized spacial score (nSPS) is 11.2. The molecule has 0 amide bonds. The number of ether oxygens (including phenoxy) is 1. The summed E-state index contributed by atoms with van der Waals surface area (Å²) >= 11 is 0. The molecule has 0 fully saturated rings. The Balaban J connectivity index is 2.01. The van der Waals surface area contributed by atoms with Crippen molar-refractivity contribution in [1.29, 1.82) is 0 Å². The maximum Gasteiger partial charge on any atom is 0.433 e. The van der Waals surface area contributed by atoms with Gasteiger partial charge in [-0.2, -0.15) is 4.68 Å². The molecule has 0 unspecified atom stereocenters. The molecular weight excluding hydrogens is 306 g/mol. The Bertz CT molecular complexity index is 939. The summed E-state index contributed by atoms with van der Waals surface area (Å²) in [5, 5.41) is 0.486. The molecule has 122 valence electrons. The van der Waals surface area contributed by atoms with Gasteiger partial charge in [0.2, 0.25) is 0 Å². The monoisotopic (exact) mass is 323 g/mol. The third-order valence-electron chi connectivity index (χ3n) is 3.55. The molecule has 3 rings (SSSR count). The molecule has 6 nitrogen and oxygen atoms in total. The second-order valence-corrected chi connectivity index (χ2v) is 5.10. The van der Waals surface area contributed by atoms with Crippen LogP contribution in [0, 0.1) is 0 Å². The van der Waals surface area contributed by atoms with E-state index < -0.39 is 6.09 Å². The van der Waals surface area contributed by atoms with Crippen LogP contribution in [-0.2, 0) is 11.3 Å². The first kappa shape index (κ1) is 15.7. The molecule has 0 aliphatic rings. The SMILES string of the molecule is CCOC(=O)n1c2ccccc2c(=O)n1C/C=C/c1cccnc1. The van der Waals surface area contributed by atoms with Crippen LogP contribution in [0.4, 0.5) is 4.79 Å². The zero-order valence-corrected chi connectivity index (χ0v) is 13.3. The van der Waals surface area contributed by atoms with Crippen molar-refractivity contribution in [3.63, 3.8) is 0 Å². The summed E-state index contributed by atoms with van der Waals surface area (Å²) in [6.45, 7) is 2.22. The summed E-state index contributed by atoms with van der Waals surface area (Å²) in [5.41, 5.74) is 1.23. The molecule has 2 aromatic heterocycles. The predicted octanol–water partition coefficient (Wildman–Crippen LogP) is 2.92. The second kappa shape index (κ2) is 6.95. The Hall–Kier alpha value is -3.15. The molecule has 3 aromatic rings. The molecule has 24 heavy (non-hydrogen) atoms. The summed E-state index contributed by atoms with van der Waals surface area (Å²) in [7, 11) is 0. The van der Waals surface area contributed by atoms with Crippen molar-refractivity contribution in [2.24, 2.45) is 0 Å². The number of fused-ring (bicyclic) bond motifs is 1. The van der Waals surface area contributed by atoms with Crippen molar-refractivity contribution in [1.82, 2.24) is 14.3 Å². The lowest BCUT2D eigenvalue weighted by atomic mass is 10.2. The van der Waals surface area contributed by atoms with E-state index in [9.17, 15) is 9.59 Å². The van der Waals surface area contributed by atoms with Crippen LogP contribution in [0.1, 0.15) is 12.5 Å². The number of allylic oxidation sites excluding steroid dienone is 1. The molecule has 0 aliphatic heterocycles. The van der Waals surface area contributed by atoms with Crippen LogP contribution in [0.3, 0.4) is 0 Å².